The van der Waals surface area contributed by atoms with Crippen molar-refractivity contribution >= 4 is 23.8 Å². The van der Waals surface area contributed by atoms with Crippen LogP contribution in [0.1, 0.15) is 5.56 Å². The van der Waals surface area contributed by atoms with Crippen molar-refractivity contribution in [1.29, 1.82) is 0 Å². The quantitative estimate of drug-likeness (QED) is 0.762. The molecule has 2 rings (SSSR count). The van der Waals surface area contributed by atoms with Gasteiger partial charge >= 0.3 is 12.1 Å². The van der Waals surface area contributed by atoms with Gasteiger partial charge in [0.2, 0.25) is 0 Å². The van der Waals surface area contributed by atoms with Crippen molar-refractivity contribution in [3.63, 3.8) is 0 Å². The Morgan fingerprint density at radius 2 is 1.65 bits per heavy atom. The third-order valence-corrected chi connectivity index (χ3v) is 4.07. The number of alkyl carbamates (subject to hydrolysis) is 1. The van der Waals surface area contributed by atoms with Crippen LogP contribution in [-0.4, -0.2) is 29.0 Å². The first kappa shape index (κ1) is 16.9. The van der Waals surface area contributed by atoms with Gasteiger partial charge in [-0.2, -0.15) is 0 Å². The summed E-state index contributed by atoms with van der Waals surface area (Å²) in [7, 11) is 0. The van der Waals surface area contributed by atoms with Gasteiger partial charge in [-0.3, -0.25) is 0 Å². The van der Waals surface area contributed by atoms with E-state index in [0.717, 1.165) is 10.5 Å². The van der Waals surface area contributed by atoms with Gasteiger partial charge in [0.25, 0.3) is 0 Å². The zero-order valence-corrected chi connectivity index (χ0v) is 13.2. The van der Waals surface area contributed by atoms with Crippen molar-refractivity contribution in [3.8, 4) is 0 Å². The number of nitrogens with one attached hydrogen (secondary N) is 1. The number of carboxylic acid groups (broad SMARTS) is 1. The number of thioether (sulfide) groups is 1. The van der Waals surface area contributed by atoms with Gasteiger partial charge in [-0.15, -0.1) is 11.8 Å². The van der Waals surface area contributed by atoms with E-state index in [1.54, 1.807) is 0 Å². The summed E-state index contributed by atoms with van der Waals surface area (Å²) in [6.45, 7) is 0.102. The number of ether oxygens (including phenoxy) is 1. The third-order valence-electron chi connectivity index (χ3n) is 2.96. The summed E-state index contributed by atoms with van der Waals surface area (Å²) < 4.78 is 5.04. The highest BCUT2D eigenvalue weighted by Crippen LogP contribution is 2.18. The van der Waals surface area contributed by atoms with E-state index in [1.807, 2.05) is 60.7 Å². The van der Waals surface area contributed by atoms with E-state index in [-0.39, 0.29) is 12.4 Å². The molecule has 1 amide bonds. The fourth-order valence-electron chi connectivity index (χ4n) is 1.78. The Hall–Kier alpha value is -2.47. The first-order chi connectivity index (χ1) is 11.1. The Balaban J connectivity index is 1.81. The van der Waals surface area contributed by atoms with E-state index in [1.165, 1.54) is 11.8 Å². The van der Waals surface area contributed by atoms with Crippen molar-refractivity contribution in [2.24, 2.45) is 0 Å². The molecule has 0 radical (unpaired) electrons. The minimum atomic E-state index is -1.09. The van der Waals surface area contributed by atoms with Crippen LogP contribution in [-0.2, 0) is 16.1 Å². The van der Waals surface area contributed by atoms with E-state index in [4.69, 9.17) is 4.74 Å². The van der Waals surface area contributed by atoms with Crippen LogP contribution in [0.5, 0.6) is 0 Å². The van der Waals surface area contributed by atoms with Crippen LogP contribution in [0.4, 0.5) is 4.79 Å². The van der Waals surface area contributed by atoms with Gasteiger partial charge in [0.1, 0.15) is 12.6 Å². The number of rotatable bonds is 7. The number of hydrogen-bond donors (Lipinski definition) is 2. The van der Waals surface area contributed by atoms with Crippen LogP contribution >= 0.6 is 11.8 Å². The van der Waals surface area contributed by atoms with Crippen LogP contribution in [0.2, 0.25) is 0 Å². The normalized spacial score (nSPS) is 11.5. The molecule has 0 aliphatic carbocycles. The molecule has 0 fully saturated rings. The summed E-state index contributed by atoms with van der Waals surface area (Å²) in [5.41, 5.74) is 0.841. The van der Waals surface area contributed by atoms with E-state index in [9.17, 15) is 14.7 Å². The standard InChI is InChI=1S/C17H17NO4S/c19-16(20)15(12-23-14-9-5-2-6-10-14)18-17(21)22-11-13-7-3-1-4-8-13/h1-10,15H,11-12H2,(H,18,21)(H,19,20). The maximum Gasteiger partial charge on any atom is 0.408 e. The van der Waals surface area contributed by atoms with Gasteiger partial charge in [-0.25, -0.2) is 9.59 Å². The molecule has 2 aromatic carbocycles. The molecular formula is C17H17NO4S. The second-order valence-corrected chi connectivity index (χ2v) is 5.81. The summed E-state index contributed by atoms with van der Waals surface area (Å²) in [4.78, 5) is 23.9. The average molecular weight is 331 g/mol. The fraction of sp³-hybridized carbons (Fsp3) is 0.176. The highest BCUT2D eigenvalue weighted by Gasteiger charge is 2.20. The SMILES string of the molecule is O=C(NC(CSc1ccccc1)C(=O)O)OCc1ccccc1. The molecule has 0 spiro atoms. The minimum Gasteiger partial charge on any atom is -0.480 e. The molecule has 0 saturated heterocycles. The van der Waals surface area contributed by atoms with Crippen molar-refractivity contribution < 1.29 is 19.4 Å². The summed E-state index contributed by atoms with van der Waals surface area (Å²) >= 11 is 1.36. The van der Waals surface area contributed by atoms with Crippen LogP contribution in [0.25, 0.3) is 0 Å². The molecule has 0 bridgehead atoms. The zero-order valence-electron chi connectivity index (χ0n) is 12.3. The van der Waals surface area contributed by atoms with Crippen molar-refractivity contribution in [3.05, 3.63) is 66.2 Å². The number of carbonyl (C=O) groups excluding carboxylic acids is 1. The Morgan fingerprint density at radius 3 is 2.26 bits per heavy atom. The minimum absolute atomic E-state index is 0.102. The Kier molecular flexibility index (Phi) is 6.50. The lowest BCUT2D eigenvalue weighted by molar-refractivity contribution is -0.138. The van der Waals surface area contributed by atoms with E-state index in [2.05, 4.69) is 5.32 Å². The molecule has 6 heteroatoms. The summed E-state index contributed by atoms with van der Waals surface area (Å²) in [5.74, 6) is -0.870. The number of carbonyl (C=O) groups is 2. The largest absolute Gasteiger partial charge is 0.480 e. The predicted octanol–water partition coefficient (Wildman–Crippen LogP) is 3.16. The topological polar surface area (TPSA) is 75.6 Å². The number of benzene rings is 2. The summed E-state index contributed by atoms with van der Waals surface area (Å²) in [6.07, 6.45) is -0.741. The first-order valence-corrected chi connectivity index (χ1v) is 8.01. The lowest BCUT2D eigenvalue weighted by Crippen LogP contribution is -2.42. The van der Waals surface area contributed by atoms with Crippen molar-refractivity contribution in [2.75, 3.05) is 5.75 Å². The molecule has 120 valence electrons. The van der Waals surface area contributed by atoms with Gasteiger partial charge in [0, 0.05) is 10.6 Å². The summed E-state index contributed by atoms with van der Waals surface area (Å²) in [5, 5.41) is 11.6. The predicted molar refractivity (Wildman–Crippen MR) is 88.4 cm³/mol. The highest BCUT2D eigenvalue weighted by atomic mass is 32.2. The molecule has 0 heterocycles. The van der Waals surface area contributed by atoms with Gasteiger partial charge in [-0.1, -0.05) is 48.5 Å². The van der Waals surface area contributed by atoms with Gasteiger partial charge < -0.3 is 15.2 Å². The van der Waals surface area contributed by atoms with Gasteiger partial charge in [0.05, 0.1) is 0 Å². The van der Waals surface area contributed by atoms with E-state index in [0.29, 0.717) is 0 Å². The Bertz CT molecular complexity index is 634. The fourth-order valence-corrected chi connectivity index (χ4v) is 2.71. The van der Waals surface area contributed by atoms with Crippen LogP contribution in [0.3, 0.4) is 0 Å². The molecule has 23 heavy (non-hydrogen) atoms. The third kappa shape index (κ3) is 6.04. The van der Waals surface area contributed by atoms with Crippen molar-refractivity contribution in [1.82, 2.24) is 5.32 Å². The smallest absolute Gasteiger partial charge is 0.408 e. The zero-order chi connectivity index (χ0) is 16.5. The number of carboxylic acids is 1. The number of amides is 1. The number of aliphatic carboxylic acids is 1. The second-order valence-electron chi connectivity index (χ2n) is 4.72. The molecule has 0 saturated carbocycles. The monoisotopic (exact) mass is 331 g/mol. The molecular weight excluding hydrogens is 314 g/mol. The Morgan fingerprint density at radius 1 is 1.04 bits per heavy atom. The van der Waals surface area contributed by atoms with Crippen LogP contribution in [0.15, 0.2) is 65.6 Å². The maximum atomic E-state index is 11.7. The lowest BCUT2D eigenvalue weighted by atomic mass is 10.2. The molecule has 2 N–H and O–H groups in total. The molecule has 1 unspecified atom stereocenters. The van der Waals surface area contributed by atoms with Gasteiger partial charge in [-0.05, 0) is 17.7 Å². The summed E-state index contributed by atoms with van der Waals surface area (Å²) in [6, 6.07) is 17.6. The molecule has 0 aromatic heterocycles. The van der Waals surface area contributed by atoms with Crippen LogP contribution < -0.4 is 5.32 Å². The van der Waals surface area contributed by atoms with Gasteiger partial charge in [0.15, 0.2) is 0 Å². The van der Waals surface area contributed by atoms with E-state index < -0.39 is 18.1 Å². The second kappa shape index (κ2) is 8.85. The highest BCUT2D eigenvalue weighted by molar-refractivity contribution is 7.99. The maximum absolute atomic E-state index is 11.7. The average Bonchev–Trinajstić information content (AvgIpc) is 2.58. The molecule has 0 aliphatic rings. The Labute approximate surface area is 138 Å². The molecule has 5 nitrogen and oxygen atoms in total. The van der Waals surface area contributed by atoms with E-state index >= 15 is 0 Å². The van der Waals surface area contributed by atoms with Crippen molar-refractivity contribution in [2.45, 2.75) is 17.5 Å². The molecule has 2 aromatic rings. The molecule has 1 atom stereocenters. The lowest BCUT2D eigenvalue weighted by Gasteiger charge is -2.14. The van der Waals surface area contributed by atoms with Crippen LogP contribution in [0, 0.1) is 0 Å². The first-order valence-electron chi connectivity index (χ1n) is 7.03. The number of hydrogen-bond acceptors (Lipinski definition) is 4. The molecule has 0 aliphatic heterocycles.